The van der Waals surface area contributed by atoms with E-state index in [0.29, 0.717) is 18.1 Å². The van der Waals surface area contributed by atoms with Gasteiger partial charge in [0, 0.05) is 31.0 Å². The van der Waals surface area contributed by atoms with Gasteiger partial charge in [0.15, 0.2) is 0 Å². The molecule has 1 fully saturated rings. The van der Waals surface area contributed by atoms with E-state index >= 15 is 0 Å². The molecule has 3 atom stereocenters. The van der Waals surface area contributed by atoms with Crippen molar-refractivity contribution in [3.63, 3.8) is 0 Å². The van der Waals surface area contributed by atoms with E-state index in [1.54, 1.807) is 0 Å². The van der Waals surface area contributed by atoms with Crippen LogP contribution in [0.5, 0.6) is 0 Å². The van der Waals surface area contributed by atoms with Crippen LogP contribution in [0.3, 0.4) is 0 Å². The van der Waals surface area contributed by atoms with E-state index < -0.39 is 0 Å². The number of hydrogen-bond donors (Lipinski definition) is 1. The molecule has 0 spiro atoms. The highest BCUT2D eigenvalue weighted by molar-refractivity contribution is 5.26. The minimum atomic E-state index is 0.331. The number of aromatic nitrogens is 1. The quantitative estimate of drug-likeness (QED) is 0.846. The van der Waals surface area contributed by atoms with Crippen LogP contribution in [0.15, 0.2) is 18.5 Å². The molecule has 2 rings (SSSR count). The first-order valence-corrected chi connectivity index (χ1v) is 5.93. The Hall–Kier alpha value is -0.930. The molecule has 1 aliphatic rings. The summed E-state index contributed by atoms with van der Waals surface area (Å²) in [5.74, 6) is 0.549. The Morgan fingerprint density at radius 1 is 1.56 bits per heavy atom. The number of pyridine rings is 1. The molecule has 1 saturated heterocycles. The molecule has 0 aromatic carbocycles. The van der Waals surface area contributed by atoms with E-state index in [0.717, 1.165) is 13.0 Å². The first-order valence-electron chi connectivity index (χ1n) is 5.93. The highest BCUT2D eigenvalue weighted by Crippen LogP contribution is 2.33. The largest absolute Gasteiger partial charge is 0.378 e. The molecule has 0 aliphatic carbocycles. The summed E-state index contributed by atoms with van der Waals surface area (Å²) in [6.07, 6.45) is 5.28. The zero-order chi connectivity index (χ0) is 11.5. The van der Waals surface area contributed by atoms with E-state index in [1.165, 1.54) is 11.1 Å². The molecular formula is C13H20N2O. The molecule has 2 heterocycles. The second kappa shape index (κ2) is 4.93. The first kappa shape index (κ1) is 11.6. The predicted octanol–water partition coefficient (Wildman–Crippen LogP) is 2.08. The number of nitrogens with zero attached hydrogens (tertiary/aromatic N) is 1. The Labute approximate surface area is 97.2 Å². The standard InChI is InChI=1S/C13H20N2O/c1-9-4-6-15-8-12(9)13(14-3)11-5-7-16-10(11)2/h4,6,8,10-11,13-14H,5,7H2,1-3H3. The lowest BCUT2D eigenvalue weighted by Gasteiger charge is -2.26. The molecule has 0 saturated carbocycles. The maximum absolute atomic E-state index is 5.65. The lowest BCUT2D eigenvalue weighted by molar-refractivity contribution is 0.0962. The Bertz CT molecular complexity index is 354. The molecule has 3 unspecified atom stereocenters. The summed E-state index contributed by atoms with van der Waals surface area (Å²) in [5.41, 5.74) is 2.60. The normalized spacial score (nSPS) is 26.9. The van der Waals surface area contributed by atoms with Crippen molar-refractivity contribution in [1.29, 1.82) is 0 Å². The third-order valence-electron chi connectivity index (χ3n) is 3.59. The molecule has 1 aliphatic heterocycles. The van der Waals surface area contributed by atoms with Crippen LogP contribution in [0, 0.1) is 12.8 Å². The number of nitrogens with one attached hydrogen (secondary N) is 1. The van der Waals surface area contributed by atoms with Crippen molar-refractivity contribution in [1.82, 2.24) is 10.3 Å². The van der Waals surface area contributed by atoms with Gasteiger partial charge in [-0.15, -0.1) is 0 Å². The van der Waals surface area contributed by atoms with Crippen LogP contribution < -0.4 is 5.32 Å². The average molecular weight is 220 g/mol. The lowest BCUT2D eigenvalue weighted by Crippen LogP contribution is -2.30. The van der Waals surface area contributed by atoms with E-state index in [9.17, 15) is 0 Å². The number of rotatable bonds is 3. The van der Waals surface area contributed by atoms with Gasteiger partial charge in [-0.1, -0.05) is 0 Å². The van der Waals surface area contributed by atoms with Gasteiger partial charge in [0.25, 0.3) is 0 Å². The molecule has 1 aromatic rings. The lowest BCUT2D eigenvalue weighted by atomic mass is 9.87. The van der Waals surface area contributed by atoms with Crippen molar-refractivity contribution in [2.24, 2.45) is 5.92 Å². The van der Waals surface area contributed by atoms with Crippen LogP contribution in [0.2, 0.25) is 0 Å². The average Bonchev–Trinajstić information content (AvgIpc) is 2.69. The summed E-state index contributed by atoms with van der Waals surface area (Å²) in [6.45, 7) is 5.18. The van der Waals surface area contributed by atoms with Crippen molar-refractivity contribution < 1.29 is 4.74 Å². The van der Waals surface area contributed by atoms with Gasteiger partial charge in [-0.25, -0.2) is 0 Å². The Kier molecular flexibility index (Phi) is 3.56. The number of aryl methyl sites for hydroxylation is 1. The third-order valence-corrected chi connectivity index (χ3v) is 3.59. The Balaban J connectivity index is 2.25. The fraction of sp³-hybridized carbons (Fsp3) is 0.615. The third kappa shape index (κ3) is 2.11. The molecule has 0 bridgehead atoms. The van der Waals surface area contributed by atoms with E-state index in [1.807, 2.05) is 19.4 Å². The molecule has 1 N–H and O–H groups in total. The molecule has 16 heavy (non-hydrogen) atoms. The maximum Gasteiger partial charge on any atom is 0.0594 e. The van der Waals surface area contributed by atoms with Crippen molar-refractivity contribution in [3.8, 4) is 0 Å². The molecule has 1 aromatic heterocycles. The minimum Gasteiger partial charge on any atom is -0.378 e. The second-order valence-corrected chi connectivity index (χ2v) is 4.53. The van der Waals surface area contributed by atoms with Crippen molar-refractivity contribution in [3.05, 3.63) is 29.6 Å². The predicted molar refractivity (Wildman–Crippen MR) is 64.3 cm³/mol. The van der Waals surface area contributed by atoms with Crippen LogP contribution in [0.25, 0.3) is 0 Å². The van der Waals surface area contributed by atoms with Crippen LogP contribution in [0.4, 0.5) is 0 Å². The van der Waals surface area contributed by atoms with E-state index in [2.05, 4.69) is 30.2 Å². The van der Waals surface area contributed by atoms with E-state index in [-0.39, 0.29) is 0 Å². The van der Waals surface area contributed by atoms with Crippen LogP contribution >= 0.6 is 0 Å². The minimum absolute atomic E-state index is 0.331. The molecule has 3 nitrogen and oxygen atoms in total. The monoisotopic (exact) mass is 220 g/mol. The number of ether oxygens (including phenoxy) is 1. The molecule has 3 heteroatoms. The smallest absolute Gasteiger partial charge is 0.0594 e. The summed E-state index contributed by atoms with van der Waals surface area (Å²) in [7, 11) is 2.02. The summed E-state index contributed by atoms with van der Waals surface area (Å²) >= 11 is 0. The fourth-order valence-corrected chi connectivity index (χ4v) is 2.59. The van der Waals surface area contributed by atoms with Gasteiger partial charge in [-0.2, -0.15) is 0 Å². The molecule has 0 amide bonds. The first-order chi connectivity index (χ1) is 7.74. The topological polar surface area (TPSA) is 34.2 Å². The van der Waals surface area contributed by atoms with Crippen LogP contribution in [-0.4, -0.2) is 24.7 Å². The van der Waals surface area contributed by atoms with Gasteiger partial charge in [0.1, 0.15) is 0 Å². The number of hydrogen-bond acceptors (Lipinski definition) is 3. The van der Waals surface area contributed by atoms with Gasteiger partial charge in [0.05, 0.1) is 6.10 Å². The highest BCUT2D eigenvalue weighted by Gasteiger charge is 2.32. The van der Waals surface area contributed by atoms with Gasteiger partial charge in [-0.3, -0.25) is 4.98 Å². The SMILES string of the molecule is CNC(c1cnccc1C)C1CCOC1C. The Morgan fingerprint density at radius 3 is 2.94 bits per heavy atom. The van der Waals surface area contributed by atoms with Crippen molar-refractivity contribution >= 4 is 0 Å². The van der Waals surface area contributed by atoms with Gasteiger partial charge in [-0.05, 0) is 44.5 Å². The van der Waals surface area contributed by atoms with Gasteiger partial charge < -0.3 is 10.1 Å². The van der Waals surface area contributed by atoms with Crippen LogP contribution in [0.1, 0.15) is 30.5 Å². The zero-order valence-corrected chi connectivity index (χ0v) is 10.2. The van der Waals surface area contributed by atoms with E-state index in [4.69, 9.17) is 4.74 Å². The summed E-state index contributed by atoms with van der Waals surface area (Å²) in [4.78, 5) is 4.23. The Morgan fingerprint density at radius 2 is 2.38 bits per heavy atom. The fourth-order valence-electron chi connectivity index (χ4n) is 2.59. The summed E-state index contributed by atoms with van der Waals surface area (Å²) in [6, 6.07) is 2.42. The molecule has 88 valence electrons. The van der Waals surface area contributed by atoms with Gasteiger partial charge in [0.2, 0.25) is 0 Å². The highest BCUT2D eigenvalue weighted by atomic mass is 16.5. The van der Waals surface area contributed by atoms with Crippen LogP contribution in [-0.2, 0) is 4.74 Å². The van der Waals surface area contributed by atoms with Crippen molar-refractivity contribution in [2.45, 2.75) is 32.4 Å². The molecular weight excluding hydrogens is 200 g/mol. The van der Waals surface area contributed by atoms with Gasteiger partial charge >= 0.3 is 0 Å². The zero-order valence-electron chi connectivity index (χ0n) is 10.2. The molecule has 0 radical (unpaired) electrons. The maximum atomic E-state index is 5.65. The second-order valence-electron chi connectivity index (χ2n) is 4.53. The van der Waals surface area contributed by atoms with Crippen molar-refractivity contribution in [2.75, 3.05) is 13.7 Å². The summed E-state index contributed by atoms with van der Waals surface area (Å²) in [5, 5.41) is 3.41. The summed E-state index contributed by atoms with van der Waals surface area (Å²) < 4.78 is 5.65.